The molecule has 0 fully saturated rings. The second-order valence-electron chi connectivity index (χ2n) is 5.75. The number of nitrogens with two attached hydrogens (primary N) is 1. The first-order valence-corrected chi connectivity index (χ1v) is 7.85. The molecule has 3 rings (SSSR count). The number of hydrogen-bond donors (Lipinski definition) is 2. The van der Waals surface area contributed by atoms with Crippen LogP contribution in [0.2, 0.25) is 0 Å². The van der Waals surface area contributed by atoms with Gasteiger partial charge >= 0.3 is 0 Å². The molecule has 3 N–H and O–H groups in total. The van der Waals surface area contributed by atoms with Gasteiger partial charge in [0.1, 0.15) is 0 Å². The van der Waals surface area contributed by atoms with Gasteiger partial charge < -0.3 is 11.1 Å². The Labute approximate surface area is 141 Å². The molecule has 0 radical (unpaired) electrons. The van der Waals surface area contributed by atoms with E-state index in [-0.39, 0.29) is 0 Å². The van der Waals surface area contributed by atoms with E-state index in [9.17, 15) is 0 Å². The Hall–Kier alpha value is -3.08. The van der Waals surface area contributed by atoms with Crippen LogP contribution in [0, 0.1) is 13.8 Å². The summed E-state index contributed by atoms with van der Waals surface area (Å²) in [5.41, 5.74) is 11.4. The maximum atomic E-state index is 5.97. The molecule has 0 saturated heterocycles. The largest absolute Gasteiger partial charge is 0.370 e. The van der Waals surface area contributed by atoms with Crippen molar-refractivity contribution in [2.45, 2.75) is 20.4 Å². The normalized spacial score (nSPS) is 11.5. The minimum atomic E-state index is 0.394. The standard InChI is InChI=1S/C19H21N5/c1-14-8-9-17(10-15(14)2)23-19(20)21-11-16-12-22-24(13-16)18-6-4-3-5-7-18/h3-10,12-13H,11H2,1-2H3,(H3,20,21,23). The van der Waals surface area contributed by atoms with E-state index in [1.165, 1.54) is 11.1 Å². The summed E-state index contributed by atoms with van der Waals surface area (Å²) in [5, 5.41) is 7.48. The number of nitrogens with one attached hydrogen (secondary N) is 1. The van der Waals surface area contributed by atoms with E-state index in [1.807, 2.05) is 47.3 Å². The molecule has 0 saturated carbocycles. The van der Waals surface area contributed by atoms with Crippen molar-refractivity contribution in [3.63, 3.8) is 0 Å². The molecular formula is C19H21N5. The van der Waals surface area contributed by atoms with E-state index in [1.54, 1.807) is 6.20 Å². The lowest BCUT2D eigenvalue weighted by atomic mass is 10.1. The number of aromatic nitrogens is 2. The molecule has 0 atom stereocenters. The Morgan fingerprint density at radius 3 is 2.67 bits per heavy atom. The summed E-state index contributed by atoms with van der Waals surface area (Å²) in [6.45, 7) is 4.64. The summed E-state index contributed by atoms with van der Waals surface area (Å²) < 4.78 is 1.83. The highest BCUT2D eigenvalue weighted by Crippen LogP contribution is 2.14. The van der Waals surface area contributed by atoms with Gasteiger partial charge in [0.2, 0.25) is 0 Å². The fourth-order valence-electron chi connectivity index (χ4n) is 2.35. The van der Waals surface area contributed by atoms with Gasteiger partial charge in [-0.15, -0.1) is 0 Å². The van der Waals surface area contributed by atoms with Crippen molar-refractivity contribution in [2.75, 3.05) is 5.32 Å². The van der Waals surface area contributed by atoms with Crippen molar-refractivity contribution in [3.8, 4) is 5.69 Å². The first kappa shape index (κ1) is 15.8. The lowest BCUT2D eigenvalue weighted by molar-refractivity contribution is 0.879. The molecule has 0 bridgehead atoms. The van der Waals surface area contributed by atoms with E-state index >= 15 is 0 Å². The van der Waals surface area contributed by atoms with Gasteiger partial charge in [-0.05, 0) is 49.2 Å². The number of rotatable bonds is 4. The van der Waals surface area contributed by atoms with E-state index < -0.39 is 0 Å². The zero-order valence-electron chi connectivity index (χ0n) is 13.9. The number of nitrogens with zero attached hydrogens (tertiary/aromatic N) is 3. The topological polar surface area (TPSA) is 68.2 Å². The van der Waals surface area contributed by atoms with Crippen LogP contribution in [0.3, 0.4) is 0 Å². The van der Waals surface area contributed by atoms with Gasteiger partial charge in [0.25, 0.3) is 0 Å². The van der Waals surface area contributed by atoms with Crippen molar-refractivity contribution in [2.24, 2.45) is 10.7 Å². The van der Waals surface area contributed by atoms with E-state index in [0.717, 1.165) is 16.9 Å². The predicted molar refractivity (Wildman–Crippen MR) is 98.4 cm³/mol. The van der Waals surface area contributed by atoms with Crippen LogP contribution in [-0.4, -0.2) is 15.7 Å². The van der Waals surface area contributed by atoms with Crippen LogP contribution in [0.25, 0.3) is 5.69 Å². The number of aliphatic imine (C=N–C) groups is 1. The molecule has 2 aromatic carbocycles. The van der Waals surface area contributed by atoms with Gasteiger partial charge in [-0.25, -0.2) is 9.67 Å². The van der Waals surface area contributed by atoms with Gasteiger partial charge in [0, 0.05) is 17.4 Å². The molecule has 0 aliphatic rings. The van der Waals surface area contributed by atoms with Crippen LogP contribution in [0.5, 0.6) is 0 Å². The minimum Gasteiger partial charge on any atom is -0.370 e. The smallest absolute Gasteiger partial charge is 0.193 e. The van der Waals surface area contributed by atoms with Crippen molar-refractivity contribution in [3.05, 3.63) is 77.6 Å². The van der Waals surface area contributed by atoms with Crippen LogP contribution in [0.15, 0.2) is 65.9 Å². The molecular weight excluding hydrogens is 298 g/mol. The lowest BCUT2D eigenvalue weighted by Crippen LogP contribution is -2.22. The zero-order valence-corrected chi connectivity index (χ0v) is 13.9. The molecule has 0 spiro atoms. The third kappa shape index (κ3) is 3.81. The molecule has 0 unspecified atom stereocenters. The van der Waals surface area contributed by atoms with Crippen LogP contribution in [0.1, 0.15) is 16.7 Å². The molecule has 1 heterocycles. The second-order valence-corrected chi connectivity index (χ2v) is 5.75. The number of aryl methyl sites for hydroxylation is 2. The van der Waals surface area contributed by atoms with Crippen LogP contribution < -0.4 is 11.1 Å². The van der Waals surface area contributed by atoms with Gasteiger partial charge in [0.15, 0.2) is 5.96 Å². The Morgan fingerprint density at radius 2 is 1.92 bits per heavy atom. The molecule has 0 amide bonds. The summed E-state index contributed by atoms with van der Waals surface area (Å²) in [6, 6.07) is 16.1. The fraction of sp³-hybridized carbons (Fsp3) is 0.158. The summed E-state index contributed by atoms with van der Waals surface area (Å²) in [5.74, 6) is 0.394. The summed E-state index contributed by atoms with van der Waals surface area (Å²) >= 11 is 0. The molecule has 5 heteroatoms. The highest BCUT2D eigenvalue weighted by molar-refractivity contribution is 5.92. The Balaban J connectivity index is 1.65. The molecule has 3 aromatic rings. The number of hydrogen-bond acceptors (Lipinski definition) is 2. The molecule has 5 nitrogen and oxygen atoms in total. The van der Waals surface area contributed by atoms with Crippen LogP contribution >= 0.6 is 0 Å². The Morgan fingerprint density at radius 1 is 1.12 bits per heavy atom. The highest BCUT2D eigenvalue weighted by atomic mass is 15.3. The molecule has 122 valence electrons. The van der Waals surface area contributed by atoms with Crippen molar-refractivity contribution in [1.82, 2.24) is 9.78 Å². The highest BCUT2D eigenvalue weighted by Gasteiger charge is 2.01. The molecule has 0 aliphatic carbocycles. The van der Waals surface area contributed by atoms with Crippen LogP contribution in [0.4, 0.5) is 5.69 Å². The maximum absolute atomic E-state index is 5.97. The van der Waals surface area contributed by atoms with Gasteiger partial charge in [-0.1, -0.05) is 24.3 Å². The Bertz CT molecular complexity index is 849. The third-order valence-corrected chi connectivity index (χ3v) is 3.87. The van der Waals surface area contributed by atoms with Gasteiger partial charge in [0.05, 0.1) is 18.4 Å². The van der Waals surface area contributed by atoms with Crippen molar-refractivity contribution in [1.29, 1.82) is 0 Å². The number of guanidine groups is 1. The summed E-state index contributed by atoms with van der Waals surface area (Å²) in [4.78, 5) is 4.38. The monoisotopic (exact) mass is 319 g/mol. The lowest BCUT2D eigenvalue weighted by Gasteiger charge is -2.07. The second kappa shape index (κ2) is 7.00. The first-order chi connectivity index (χ1) is 11.6. The molecule has 24 heavy (non-hydrogen) atoms. The number of para-hydroxylation sites is 1. The summed E-state index contributed by atoms with van der Waals surface area (Å²) in [7, 11) is 0. The SMILES string of the molecule is Cc1ccc(NC(N)=NCc2cnn(-c3ccccc3)c2)cc1C. The summed E-state index contributed by atoms with van der Waals surface area (Å²) in [6.07, 6.45) is 3.77. The van der Waals surface area contributed by atoms with E-state index in [2.05, 4.69) is 41.4 Å². The van der Waals surface area contributed by atoms with Crippen LogP contribution in [-0.2, 0) is 6.54 Å². The third-order valence-electron chi connectivity index (χ3n) is 3.87. The van der Waals surface area contributed by atoms with E-state index in [0.29, 0.717) is 12.5 Å². The van der Waals surface area contributed by atoms with Gasteiger partial charge in [-0.3, -0.25) is 0 Å². The molecule has 1 aromatic heterocycles. The van der Waals surface area contributed by atoms with Crippen molar-refractivity contribution < 1.29 is 0 Å². The van der Waals surface area contributed by atoms with Crippen molar-refractivity contribution >= 4 is 11.6 Å². The molecule has 0 aliphatic heterocycles. The van der Waals surface area contributed by atoms with E-state index in [4.69, 9.17) is 5.73 Å². The fourth-order valence-corrected chi connectivity index (χ4v) is 2.35. The quantitative estimate of drug-likeness (QED) is 0.572. The number of benzene rings is 2. The minimum absolute atomic E-state index is 0.394. The first-order valence-electron chi connectivity index (χ1n) is 7.85. The Kier molecular flexibility index (Phi) is 4.61. The zero-order chi connectivity index (χ0) is 16.9. The van der Waals surface area contributed by atoms with Gasteiger partial charge in [-0.2, -0.15) is 5.10 Å². The number of anilines is 1. The average Bonchev–Trinajstić information content (AvgIpc) is 3.06. The maximum Gasteiger partial charge on any atom is 0.193 e. The average molecular weight is 319 g/mol. The predicted octanol–water partition coefficient (Wildman–Crippen LogP) is 3.42.